The number of rotatable bonds is 1. The van der Waals surface area contributed by atoms with Crippen molar-refractivity contribution in [3.63, 3.8) is 0 Å². The second-order valence-corrected chi connectivity index (χ2v) is 1.52. The molecule has 0 aliphatic rings. The fourth-order valence-corrected chi connectivity index (χ4v) is 0.382. The first-order chi connectivity index (χ1) is 6.02. The Kier molecular flexibility index (Phi) is 0.832. The summed E-state index contributed by atoms with van der Waals surface area (Å²) < 4.78 is 32.4. The van der Waals surface area contributed by atoms with Gasteiger partial charge in [-0.15, -0.1) is 10.2 Å². The van der Waals surface area contributed by atoms with Crippen LogP contribution in [0.5, 0.6) is 5.88 Å². The monoisotopic (exact) mass is 148 g/mol. The van der Waals surface area contributed by atoms with Gasteiger partial charge in [-0.05, 0) is 6.04 Å². The molecule has 0 aliphatic heterocycles. The lowest BCUT2D eigenvalue weighted by Crippen LogP contribution is -1.88. The molecule has 1 aromatic rings. The van der Waals surface area contributed by atoms with Crippen LogP contribution < -0.4 is 4.74 Å². The summed E-state index contributed by atoms with van der Waals surface area (Å²) in [6, 6.07) is -0.697. The summed E-state index contributed by atoms with van der Waals surface area (Å²) in [4.78, 5) is 0. The third-order valence-electron chi connectivity index (χ3n) is 0.613. The zero-order valence-electron chi connectivity index (χ0n) is 8.26. The summed E-state index contributed by atoms with van der Waals surface area (Å²) in [7, 11) is -1.60. The molecule has 0 unspecified atom stereocenters. The molecule has 48 valence electrons. The molecule has 1 heterocycles. The first kappa shape index (κ1) is 2.84. The van der Waals surface area contributed by atoms with E-state index in [2.05, 4.69) is 14.9 Å². The zero-order chi connectivity index (χ0) is 10.0. The maximum absolute atomic E-state index is 7.26. The minimum absolute atomic E-state index is 0.205. The quantitative estimate of drug-likeness (QED) is 0.599. The topological polar surface area (TPSA) is 35.0 Å². The van der Waals surface area contributed by atoms with Gasteiger partial charge in [0.05, 0.1) is 12.5 Å². The molecule has 9 heavy (non-hydrogen) atoms. The van der Waals surface area contributed by atoms with E-state index in [4.69, 9.17) is 17.1 Å². The van der Waals surface area contributed by atoms with Gasteiger partial charge in [-0.2, -0.15) is 0 Å². The van der Waals surface area contributed by atoms with Crippen molar-refractivity contribution in [2.75, 3.05) is 7.06 Å². The van der Waals surface area contributed by atoms with Crippen molar-refractivity contribution in [1.29, 1.82) is 0 Å². The van der Waals surface area contributed by atoms with Crippen LogP contribution in [-0.2, 0) is 0 Å². The fraction of sp³-hybridized carbons (Fsp3) is 0.200. The van der Waals surface area contributed by atoms with E-state index in [9.17, 15) is 0 Å². The number of aromatic nitrogens is 2. The van der Waals surface area contributed by atoms with Crippen molar-refractivity contribution in [2.24, 2.45) is 0 Å². The van der Waals surface area contributed by atoms with E-state index in [1.54, 1.807) is 0 Å². The lowest BCUT2D eigenvalue weighted by Gasteiger charge is -1.93. The van der Waals surface area contributed by atoms with Crippen LogP contribution >= 0.6 is 11.6 Å². The molecule has 3 nitrogen and oxygen atoms in total. The van der Waals surface area contributed by atoms with Gasteiger partial charge in [0.1, 0.15) is 0 Å². The van der Waals surface area contributed by atoms with Crippen molar-refractivity contribution in [3.05, 3.63) is 17.2 Å². The van der Waals surface area contributed by atoms with E-state index < -0.39 is 7.06 Å². The van der Waals surface area contributed by atoms with Gasteiger partial charge in [0.2, 0.25) is 5.88 Å². The molecule has 0 N–H and O–H groups in total. The average molecular weight is 149 g/mol. The van der Waals surface area contributed by atoms with E-state index in [1.165, 1.54) is 0 Å². The number of methoxy groups -OCH3 is 1. The smallest absolute Gasteiger partial charge is 0.233 e. The Hall–Kier alpha value is -0.830. The molecule has 0 fully saturated rings. The Morgan fingerprint density at radius 1 is 1.78 bits per heavy atom. The van der Waals surface area contributed by atoms with Crippen LogP contribution in [0, 0.1) is 0 Å². The molecule has 0 amide bonds. The summed E-state index contributed by atoms with van der Waals surface area (Å²) in [6.45, 7) is 0. The molecule has 4 heteroatoms. The number of halogens is 1. The van der Waals surface area contributed by atoms with Crippen molar-refractivity contribution >= 4 is 11.6 Å². The fourth-order valence-electron chi connectivity index (χ4n) is 0.297. The van der Waals surface area contributed by atoms with Crippen molar-refractivity contribution in [1.82, 2.24) is 10.2 Å². The second-order valence-electron chi connectivity index (χ2n) is 1.16. The maximum atomic E-state index is 7.26. The van der Waals surface area contributed by atoms with Crippen LogP contribution in [-0.4, -0.2) is 17.3 Å². The molecule has 0 bridgehead atoms. The number of ether oxygens (including phenoxy) is 1. The number of nitrogens with zero attached hydrogens (tertiary/aromatic N) is 2. The van der Waals surface area contributed by atoms with E-state index in [0.29, 0.717) is 0 Å². The first-order valence-electron chi connectivity index (χ1n) is 4.18. The molecule has 0 aromatic carbocycles. The zero-order valence-corrected chi connectivity index (χ0v) is 5.01. The standard InChI is InChI=1S/C5H5ClN2O/c1-9-5-3-2-4(6)7-8-5/h2-3H,1H3/i1D2,2D,3D. The average Bonchev–Trinajstić information content (AvgIpc) is 2.06. The normalized spacial score (nSPS) is 15.8. The van der Waals surface area contributed by atoms with Crippen molar-refractivity contribution in [3.8, 4) is 5.88 Å². The van der Waals surface area contributed by atoms with E-state index in [-0.39, 0.29) is 23.1 Å². The predicted octanol–water partition coefficient (Wildman–Crippen LogP) is 1.14. The highest BCUT2D eigenvalue weighted by Gasteiger charge is 1.90. The summed E-state index contributed by atoms with van der Waals surface area (Å²) >= 11 is 5.39. The summed E-state index contributed by atoms with van der Waals surface area (Å²) in [5.41, 5.74) is 0. The van der Waals surface area contributed by atoms with Crippen LogP contribution in [0.3, 0.4) is 0 Å². The minimum atomic E-state index is -1.60. The predicted molar refractivity (Wildman–Crippen MR) is 33.6 cm³/mol. The van der Waals surface area contributed by atoms with Gasteiger partial charge in [0.15, 0.2) is 5.15 Å². The first-order valence-corrected chi connectivity index (χ1v) is 2.40. The van der Waals surface area contributed by atoms with Crippen LogP contribution in [0.15, 0.2) is 12.1 Å². The van der Waals surface area contributed by atoms with E-state index in [1.807, 2.05) is 0 Å². The number of hydrogen-bond donors (Lipinski definition) is 0. The molecule has 0 aliphatic carbocycles. The van der Waals surface area contributed by atoms with Crippen LogP contribution in [0.1, 0.15) is 5.48 Å². The Morgan fingerprint density at radius 3 is 3.44 bits per heavy atom. The molecule has 1 rings (SSSR count). The highest BCUT2D eigenvalue weighted by Crippen LogP contribution is 2.06. The summed E-state index contributed by atoms with van der Waals surface area (Å²) in [5.74, 6) is -0.329. The van der Waals surface area contributed by atoms with Gasteiger partial charge in [-0.3, -0.25) is 0 Å². The summed E-state index contributed by atoms with van der Waals surface area (Å²) in [6.07, 6.45) is 0. The van der Waals surface area contributed by atoms with Crippen LogP contribution in [0.2, 0.25) is 5.15 Å². The molecular formula is C5H5ClN2O. The highest BCUT2D eigenvalue weighted by atomic mass is 35.5. The maximum Gasteiger partial charge on any atom is 0.233 e. The lowest BCUT2D eigenvalue weighted by atomic mass is 10.6. The third-order valence-corrected chi connectivity index (χ3v) is 0.783. The molecule has 0 saturated heterocycles. The minimum Gasteiger partial charge on any atom is -0.480 e. The Bertz CT molecular complexity index is 322. The molecule has 0 spiro atoms. The van der Waals surface area contributed by atoms with Gasteiger partial charge in [0.25, 0.3) is 0 Å². The SMILES string of the molecule is [2H]c1c(Cl)nnc(OC([2H])[2H])c1[2H]. The molecule has 0 radical (unpaired) electrons. The van der Waals surface area contributed by atoms with Crippen molar-refractivity contribution in [2.45, 2.75) is 0 Å². The van der Waals surface area contributed by atoms with Gasteiger partial charge in [-0.25, -0.2) is 0 Å². The van der Waals surface area contributed by atoms with E-state index in [0.717, 1.165) is 0 Å². The number of hydrogen-bond acceptors (Lipinski definition) is 3. The largest absolute Gasteiger partial charge is 0.480 e. The van der Waals surface area contributed by atoms with Gasteiger partial charge in [0, 0.05) is 6.04 Å². The van der Waals surface area contributed by atoms with E-state index >= 15 is 0 Å². The molecule has 1 aromatic heterocycles. The summed E-state index contributed by atoms with van der Waals surface area (Å²) in [5, 5.41) is 6.43. The molecule has 0 atom stereocenters. The van der Waals surface area contributed by atoms with Gasteiger partial charge in [-0.1, -0.05) is 11.6 Å². The lowest BCUT2D eigenvalue weighted by molar-refractivity contribution is 0.392. The van der Waals surface area contributed by atoms with Crippen LogP contribution in [0.4, 0.5) is 0 Å². The second kappa shape index (κ2) is 2.64. The van der Waals surface area contributed by atoms with Gasteiger partial charge >= 0.3 is 0 Å². The Morgan fingerprint density at radius 2 is 2.67 bits per heavy atom. The highest BCUT2D eigenvalue weighted by molar-refractivity contribution is 6.29. The van der Waals surface area contributed by atoms with Crippen molar-refractivity contribution < 1.29 is 10.2 Å². The third kappa shape index (κ3) is 1.54. The Labute approximate surface area is 63.2 Å². The van der Waals surface area contributed by atoms with Gasteiger partial charge < -0.3 is 4.74 Å². The van der Waals surface area contributed by atoms with Crippen LogP contribution in [0.25, 0.3) is 0 Å². The Balaban J connectivity index is 3.04. The molecular weight excluding hydrogens is 140 g/mol. The molecule has 0 saturated carbocycles.